The first kappa shape index (κ1) is 20.2. The molecule has 138 valence electrons. The summed E-state index contributed by atoms with van der Waals surface area (Å²) in [5.41, 5.74) is 1.22. The van der Waals surface area contributed by atoms with Crippen LogP contribution in [-0.2, 0) is 8.28 Å². The van der Waals surface area contributed by atoms with Gasteiger partial charge in [0.05, 0.1) is 13.3 Å². The van der Waals surface area contributed by atoms with Crippen molar-refractivity contribution in [2.45, 2.75) is 9.97 Å². The summed E-state index contributed by atoms with van der Waals surface area (Å²) < 4.78 is 9.91. The Morgan fingerprint density at radius 1 is 1.54 bits per heavy atom. The summed E-state index contributed by atoms with van der Waals surface area (Å²) in [7, 11) is 1.28. The fraction of sp³-hybridized carbons (Fsp3) is 0.188. The molecule has 10 heteroatoms. The minimum Gasteiger partial charge on any atom is -0.465 e. The number of anilines is 1. The number of aromatic nitrogens is 1. The average Bonchev–Trinajstić information content (AvgIpc) is 3.05. The molecule has 1 aromatic carbocycles. The maximum atomic E-state index is 11.3. The smallest absolute Gasteiger partial charge is 0.411 e. The average molecular weight is 536 g/mol. The summed E-state index contributed by atoms with van der Waals surface area (Å²) in [5.74, 6) is 0.646. The lowest BCUT2D eigenvalue weighted by Gasteiger charge is -2.22. The Morgan fingerprint density at radius 3 is 2.85 bits per heavy atom. The number of benzene rings is 1. The van der Waals surface area contributed by atoms with Gasteiger partial charge < -0.3 is 14.3 Å². The summed E-state index contributed by atoms with van der Waals surface area (Å²) in [5, 5.41) is 14.0. The number of carbonyl (C=O) groups excluding carboxylic acids is 1. The number of nitrogens with zero attached hydrogens (tertiary/aromatic N) is 1. The quantitative estimate of drug-likeness (QED) is 0.213. The number of ether oxygens (including phenoxy) is 1. The van der Waals surface area contributed by atoms with E-state index >= 15 is 0 Å². The fourth-order valence-corrected chi connectivity index (χ4v) is 3.47. The molecule has 0 saturated heterocycles. The second kappa shape index (κ2) is 8.54. The van der Waals surface area contributed by atoms with Crippen molar-refractivity contribution in [3.63, 3.8) is 0 Å². The fourth-order valence-electron chi connectivity index (χ4n) is 2.10. The van der Waals surface area contributed by atoms with Crippen LogP contribution in [-0.4, -0.2) is 29.4 Å². The van der Waals surface area contributed by atoms with Crippen LogP contribution in [0.1, 0.15) is 12.3 Å². The van der Waals surface area contributed by atoms with Crippen molar-refractivity contribution in [2.24, 2.45) is 0 Å². The standard InChI is InChI=1S/C16H15BrIN3O5/c1-3-6-16(18,21-14(22)23)13-19-8-12(26-13)10-5-4-9(7-11(10)17)20-15(24)25-2/h3-5,7-8,21H,1,6H2,2H3,(H,20,24)(H,22,23). The lowest BCUT2D eigenvalue weighted by Crippen LogP contribution is -2.40. The van der Waals surface area contributed by atoms with E-state index in [2.05, 4.69) is 42.9 Å². The van der Waals surface area contributed by atoms with Crippen molar-refractivity contribution in [1.82, 2.24) is 10.3 Å². The van der Waals surface area contributed by atoms with Gasteiger partial charge in [0.15, 0.2) is 9.31 Å². The van der Waals surface area contributed by atoms with E-state index in [-0.39, 0.29) is 5.89 Å². The van der Waals surface area contributed by atoms with Crippen LogP contribution in [0.2, 0.25) is 0 Å². The molecule has 26 heavy (non-hydrogen) atoms. The van der Waals surface area contributed by atoms with Crippen LogP contribution in [0.3, 0.4) is 0 Å². The van der Waals surface area contributed by atoms with Gasteiger partial charge in [0.2, 0.25) is 5.89 Å². The van der Waals surface area contributed by atoms with Crippen molar-refractivity contribution in [3.8, 4) is 11.3 Å². The molecule has 0 aliphatic heterocycles. The highest BCUT2D eigenvalue weighted by Gasteiger charge is 2.35. The van der Waals surface area contributed by atoms with E-state index in [9.17, 15) is 9.59 Å². The molecule has 2 amide bonds. The molecular formula is C16H15BrIN3O5. The first-order chi connectivity index (χ1) is 12.3. The molecule has 1 unspecified atom stereocenters. The summed E-state index contributed by atoms with van der Waals surface area (Å²) in [6.07, 6.45) is 1.60. The number of alkyl halides is 1. The number of carbonyl (C=O) groups is 2. The number of halogens is 2. The topological polar surface area (TPSA) is 114 Å². The number of methoxy groups -OCH3 is 1. The second-order valence-corrected chi connectivity index (χ2v) is 7.76. The van der Waals surface area contributed by atoms with E-state index in [1.807, 2.05) is 22.6 Å². The van der Waals surface area contributed by atoms with Gasteiger partial charge in [-0.25, -0.2) is 14.6 Å². The number of hydrogen-bond donors (Lipinski definition) is 3. The van der Waals surface area contributed by atoms with E-state index in [1.165, 1.54) is 13.3 Å². The number of carboxylic acid groups (broad SMARTS) is 1. The number of amides is 2. The van der Waals surface area contributed by atoms with Crippen molar-refractivity contribution in [1.29, 1.82) is 0 Å². The first-order valence-corrected chi connectivity index (χ1v) is 9.08. The predicted octanol–water partition coefficient (Wildman–Crippen LogP) is 4.71. The third kappa shape index (κ3) is 4.75. The Hall–Kier alpha value is -2.08. The van der Waals surface area contributed by atoms with Gasteiger partial charge in [-0.1, -0.05) is 6.08 Å². The van der Waals surface area contributed by atoms with Crippen LogP contribution >= 0.6 is 38.5 Å². The van der Waals surface area contributed by atoms with E-state index in [1.54, 1.807) is 24.3 Å². The van der Waals surface area contributed by atoms with E-state index < -0.39 is 15.7 Å². The molecule has 2 aromatic rings. The SMILES string of the molecule is C=CCC(I)(NC(=O)O)c1ncc(-c2ccc(NC(=O)OC)cc2Br)o1. The number of rotatable bonds is 6. The Bertz CT molecular complexity index is 841. The number of hydrogen-bond acceptors (Lipinski definition) is 5. The third-order valence-corrected chi connectivity index (χ3v) is 5.07. The van der Waals surface area contributed by atoms with Crippen molar-refractivity contribution in [3.05, 3.63) is 47.4 Å². The molecule has 0 spiro atoms. The molecule has 3 N–H and O–H groups in total. The minimum atomic E-state index is -1.19. The molecule has 0 bridgehead atoms. The highest BCUT2D eigenvalue weighted by atomic mass is 127. The molecular weight excluding hydrogens is 521 g/mol. The van der Waals surface area contributed by atoms with Gasteiger partial charge >= 0.3 is 12.2 Å². The maximum absolute atomic E-state index is 11.3. The molecule has 1 aromatic heterocycles. The van der Waals surface area contributed by atoms with Crippen molar-refractivity contribution in [2.75, 3.05) is 12.4 Å². The van der Waals surface area contributed by atoms with Crippen molar-refractivity contribution >= 4 is 56.4 Å². The molecule has 2 rings (SSSR count). The Balaban J connectivity index is 2.32. The maximum Gasteiger partial charge on any atom is 0.411 e. The van der Waals surface area contributed by atoms with Gasteiger partial charge in [0, 0.05) is 22.1 Å². The molecule has 1 heterocycles. The van der Waals surface area contributed by atoms with E-state index in [0.717, 1.165) is 0 Å². The zero-order valence-corrected chi connectivity index (χ0v) is 17.3. The molecule has 0 aliphatic carbocycles. The number of oxazole rings is 1. The van der Waals surface area contributed by atoms with Gasteiger partial charge in [-0.2, -0.15) is 0 Å². The van der Waals surface area contributed by atoms with Crippen molar-refractivity contribution < 1.29 is 23.8 Å². The van der Waals surface area contributed by atoms with Gasteiger partial charge in [-0.15, -0.1) is 6.58 Å². The minimum absolute atomic E-state index is 0.207. The van der Waals surface area contributed by atoms with Crippen LogP contribution in [0.4, 0.5) is 15.3 Å². The first-order valence-electron chi connectivity index (χ1n) is 7.21. The van der Waals surface area contributed by atoms with Crippen LogP contribution in [0.5, 0.6) is 0 Å². The largest absolute Gasteiger partial charge is 0.465 e. The summed E-state index contributed by atoms with van der Waals surface area (Å²) >= 11 is 5.35. The highest BCUT2D eigenvalue weighted by molar-refractivity contribution is 14.1. The third-order valence-electron chi connectivity index (χ3n) is 3.24. The summed E-state index contributed by atoms with van der Waals surface area (Å²) in [6, 6.07) is 5.09. The molecule has 0 saturated carbocycles. The van der Waals surface area contributed by atoms with Gasteiger partial charge in [-0.3, -0.25) is 10.6 Å². The second-order valence-electron chi connectivity index (χ2n) is 5.06. The zero-order chi connectivity index (χ0) is 19.3. The Labute approximate surface area is 171 Å². The lowest BCUT2D eigenvalue weighted by molar-refractivity contribution is 0.185. The van der Waals surface area contributed by atoms with Crippen LogP contribution in [0.15, 0.2) is 45.9 Å². The highest BCUT2D eigenvalue weighted by Crippen LogP contribution is 2.37. The lowest BCUT2D eigenvalue weighted by atomic mass is 10.2. The van der Waals surface area contributed by atoms with Crippen LogP contribution < -0.4 is 10.6 Å². The normalized spacial score (nSPS) is 12.7. The van der Waals surface area contributed by atoms with Gasteiger partial charge in [0.1, 0.15) is 0 Å². The number of nitrogens with one attached hydrogen (secondary N) is 2. The van der Waals surface area contributed by atoms with E-state index in [0.29, 0.717) is 27.9 Å². The van der Waals surface area contributed by atoms with Crippen LogP contribution in [0.25, 0.3) is 11.3 Å². The van der Waals surface area contributed by atoms with E-state index in [4.69, 9.17) is 9.52 Å². The molecule has 0 radical (unpaired) electrons. The Kier molecular flexibility index (Phi) is 6.64. The molecule has 0 aliphatic rings. The van der Waals surface area contributed by atoms with Gasteiger partial charge in [-0.05, 0) is 56.7 Å². The predicted molar refractivity (Wildman–Crippen MR) is 107 cm³/mol. The van der Waals surface area contributed by atoms with Gasteiger partial charge in [0.25, 0.3) is 0 Å². The molecule has 1 atom stereocenters. The monoisotopic (exact) mass is 535 g/mol. The summed E-state index contributed by atoms with van der Waals surface area (Å²) in [6.45, 7) is 3.64. The molecule has 8 nitrogen and oxygen atoms in total. The zero-order valence-electron chi connectivity index (χ0n) is 13.6. The molecule has 0 fully saturated rings. The Morgan fingerprint density at radius 2 is 2.27 bits per heavy atom. The van der Waals surface area contributed by atoms with Crippen LogP contribution in [0, 0.1) is 0 Å². The summed E-state index contributed by atoms with van der Waals surface area (Å²) in [4.78, 5) is 26.5.